The molecule has 2 N–H and O–H groups in total. The van der Waals surface area contributed by atoms with Crippen LogP contribution < -0.4 is 20.1 Å². The third-order valence-corrected chi connectivity index (χ3v) is 3.79. The molecule has 0 aliphatic rings. The Hall–Kier alpha value is -3.02. The van der Waals surface area contributed by atoms with Gasteiger partial charge in [-0.3, -0.25) is 9.59 Å². The zero-order valence-corrected chi connectivity index (χ0v) is 15.8. The molecule has 6 heteroatoms. The van der Waals surface area contributed by atoms with E-state index < -0.39 is 0 Å². The van der Waals surface area contributed by atoms with Gasteiger partial charge in [0.05, 0.1) is 19.8 Å². The highest BCUT2D eigenvalue weighted by atomic mass is 16.5. The zero-order valence-electron chi connectivity index (χ0n) is 15.8. The van der Waals surface area contributed by atoms with Crippen LogP contribution in [0, 0.1) is 6.92 Å². The number of nitrogens with one attached hydrogen (secondary N) is 2. The smallest absolute Gasteiger partial charge is 0.243 e. The molecule has 144 valence electrons. The Labute approximate surface area is 159 Å². The molecule has 0 radical (unpaired) electrons. The van der Waals surface area contributed by atoms with Crippen molar-refractivity contribution in [2.45, 2.75) is 26.7 Å². The number of carbonyl (C=O) groups excluding carboxylic acids is 2. The zero-order chi connectivity index (χ0) is 19.5. The maximum Gasteiger partial charge on any atom is 0.243 e. The molecule has 6 nitrogen and oxygen atoms in total. The molecular formula is C21H26N2O4. The molecule has 0 fully saturated rings. The van der Waals surface area contributed by atoms with E-state index in [4.69, 9.17) is 9.47 Å². The third-order valence-electron chi connectivity index (χ3n) is 3.79. The Bertz CT molecular complexity index is 744. The van der Waals surface area contributed by atoms with E-state index in [9.17, 15) is 9.59 Å². The molecule has 0 aliphatic carbocycles. The summed E-state index contributed by atoms with van der Waals surface area (Å²) in [5.41, 5.74) is 1.72. The van der Waals surface area contributed by atoms with Crippen molar-refractivity contribution < 1.29 is 19.1 Å². The number of para-hydroxylation sites is 1. The third kappa shape index (κ3) is 7.40. The number of anilines is 1. The second kappa shape index (κ2) is 10.9. The maximum absolute atomic E-state index is 11.9. The lowest BCUT2D eigenvalue weighted by Gasteiger charge is -2.09. The van der Waals surface area contributed by atoms with Crippen molar-refractivity contribution >= 4 is 17.5 Å². The topological polar surface area (TPSA) is 76.7 Å². The first-order chi connectivity index (χ1) is 13.1. The van der Waals surface area contributed by atoms with Crippen LogP contribution in [-0.2, 0) is 9.59 Å². The van der Waals surface area contributed by atoms with Gasteiger partial charge in [-0.15, -0.1) is 0 Å². The van der Waals surface area contributed by atoms with Crippen LogP contribution in [0.25, 0.3) is 0 Å². The summed E-state index contributed by atoms with van der Waals surface area (Å²) in [6.07, 6.45) is 0.892. The summed E-state index contributed by atoms with van der Waals surface area (Å²) in [5.74, 6) is 1.12. The van der Waals surface area contributed by atoms with Crippen molar-refractivity contribution in [3.05, 3.63) is 54.1 Å². The van der Waals surface area contributed by atoms with Gasteiger partial charge in [0.25, 0.3) is 0 Å². The highest BCUT2D eigenvalue weighted by Gasteiger charge is 2.07. The molecule has 0 saturated carbocycles. The molecule has 2 aromatic rings. The molecule has 0 bridgehead atoms. The summed E-state index contributed by atoms with van der Waals surface area (Å²) >= 11 is 0. The Kier molecular flexibility index (Phi) is 8.16. The van der Waals surface area contributed by atoms with Crippen molar-refractivity contribution in [1.29, 1.82) is 0 Å². The molecule has 0 atom stereocenters. The fourth-order valence-electron chi connectivity index (χ4n) is 2.41. The largest absolute Gasteiger partial charge is 0.494 e. The summed E-state index contributed by atoms with van der Waals surface area (Å²) in [4.78, 5) is 23.7. The van der Waals surface area contributed by atoms with Gasteiger partial charge in [0.1, 0.15) is 11.5 Å². The number of hydrogen-bond donors (Lipinski definition) is 2. The van der Waals surface area contributed by atoms with Gasteiger partial charge in [0.15, 0.2) is 0 Å². The Morgan fingerprint density at radius 3 is 2.41 bits per heavy atom. The first-order valence-corrected chi connectivity index (χ1v) is 9.06. The number of amides is 2. The minimum absolute atomic E-state index is 0.0648. The first kappa shape index (κ1) is 20.3. The van der Waals surface area contributed by atoms with Gasteiger partial charge in [-0.05, 0) is 56.2 Å². The van der Waals surface area contributed by atoms with Crippen LogP contribution in [0.3, 0.4) is 0 Å². The van der Waals surface area contributed by atoms with Gasteiger partial charge >= 0.3 is 0 Å². The molecule has 2 amide bonds. The molecule has 0 saturated heterocycles. The monoisotopic (exact) mass is 370 g/mol. The standard InChI is InChI=1S/C21H26N2O4/c1-3-26-18-12-10-17(11-13-18)23-21(25)15-22-20(24)9-6-14-27-19-8-5-4-7-16(19)2/h4-5,7-8,10-13H,3,6,9,14-15H2,1-2H3,(H,22,24)(H,23,25). The maximum atomic E-state index is 11.9. The van der Waals surface area contributed by atoms with E-state index in [1.165, 1.54) is 0 Å². The number of rotatable bonds is 10. The molecule has 0 heterocycles. The lowest BCUT2D eigenvalue weighted by Crippen LogP contribution is -2.32. The molecular weight excluding hydrogens is 344 g/mol. The fourth-order valence-corrected chi connectivity index (χ4v) is 2.41. The summed E-state index contributed by atoms with van der Waals surface area (Å²) < 4.78 is 11.0. The van der Waals surface area contributed by atoms with Crippen LogP contribution in [0.4, 0.5) is 5.69 Å². The van der Waals surface area contributed by atoms with Crippen molar-refractivity contribution in [3.8, 4) is 11.5 Å². The van der Waals surface area contributed by atoms with Crippen LogP contribution in [0.5, 0.6) is 11.5 Å². The van der Waals surface area contributed by atoms with Crippen LogP contribution in [0.2, 0.25) is 0 Å². The minimum Gasteiger partial charge on any atom is -0.494 e. The minimum atomic E-state index is -0.274. The van der Waals surface area contributed by atoms with E-state index in [1.807, 2.05) is 38.1 Å². The molecule has 0 spiro atoms. The van der Waals surface area contributed by atoms with Gasteiger partial charge in [-0.2, -0.15) is 0 Å². The lowest BCUT2D eigenvalue weighted by molar-refractivity contribution is -0.124. The second-order valence-corrected chi connectivity index (χ2v) is 6.00. The average molecular weight is 370 g/mol. The quantitative estimate of drug-likeness (QED) is 0.629. The van der Waals surface area contributed by atoms with Gasteiger partial charge in [0.2, 0.25) is 11.8 Å². The van der Waals surface area contributed by atoms with Crippen molar-refractivity contribution in [3.63, 3.8) is 0 Å². The summed E-state index contributed by atoms with van der Waals surface area (Å²) in [6, 6.07) is 14.8. The summed E-state index contributed by atoms with van der Waals surface area (Å²) in [5, 5.41) is 5.34. The SMILES string of the molecule is CCOc1ccc(NC(=O)CNC(=O)CCCOc2ccccc2C)cc1. The molecule has 0 aromatic heterocycles. The average Bonchev–Trinajstić information content (AvgIpc) is 2.67. The van der Waals surface area contributed by atoms with E-state index in [0.29, 0.717) is 31.7 Å². The number of carbonyl (C=O) groups is 2. The number of hydrogen-bond acceptors (Lipinski definition) is 4. The van der Waals surface area contributed by atoms with Crippen LogP contribution in [0.1, 0.15) is 25.3 Å². The molecule has 0 unspecified atom stereocenters. The van der Waals surface area contributed by atoms with E-state index >= 15 is 0 Å². The molecule has 27 heavy (non-hydrogen) atoms. The Morgan fingerprint density at radius 2 is 1.70 bits per heavy atom. The summed E-state index contributed by atoms with van der Waals surface area (Å²) in [7, 11) is 0. The van der Waals surface area contributed by atoms with Crippen LogP contribution >= 0.6 is 0 Å². The number of benzene rings is 2. The lowest BCUT2D eigenvalue weighted by atomic mass is 10.2. The van der Waals surface area contributed by atoms with Crippen LogP contribution in [0.15, 0.2) is 48.5 Å². The van der Waals surface area contributed by atoms with Gasteiger partial charge in [-0.1, -0.05) is 18.2 Å². The van der Waals surface area contributed by atoms with Crippen molar-refractivity contribution in [1.82, 2.24) is 5.32 Å². The molecule has 2 aromatic carbocycles. The van der Waals surface area contributed by atoms with Crippen molar-refractivity contribution in [2.24, 2.45) is 0 Å². The van der Waals surface area contributed by atoms with Gasteiger partial charge in [-0.25, -0.2) is 0 Å². The highest BCUT2D eigenvalue weighted by Crippen LogP contribution is 2.16. The Morgan fingerprint density at radius 1 is 0.963 bits per heavy atom. The van der Waals surface area contributed by atoms with E-state index in [2.05, 4.69) is 10.6 Å². The van der Waals surface area contributed by atoms with Crippen LogP contribution in [-0.4, -0.2) is 31.6 Å². The van der Waals surface area contributed by atoms with Crippen molar-refractivity contribution in [2.75, 3.05) is 25.1 Å². The van der Waals surface area contributed by atoms with E-state index in [1.54, 1.807) is 24.3 Å². The molecule has 0 aliphatic heterocycles. The summed E-state index contributed by atoms with van der Waals surface area (Å²) in [6.45, 7) is 4.87. The number of aryl methyl sites for hydroxylation is 1. The van der Waals surface area contributed by atoms with Gasteiger partial charge in [0, 0.05) is 12.1 Å². The molecule has 2 rings (SSSR count). The predicted octanol–water partition coefficient (Wildman–Crippen LogP) is 3.31. The van der Waals surface area contributed by atoms with E-state index in [-0.39, 0.29) is 18.4 Å². The highest BCUT2D eigenvalue weighted by molar-refractivity contribution is 5.94. The first-order valence-electron chi connectivity index (χ1n) is 9.06. The second-order valence-electron chi connectivity index (χ2n) is 6.00. The normalized spacial score (nSPS) is 10.1. The predicted molar refractivity (Wildman–Crippen MR) is 105 cm³/mol. The van der Waals surface area contributed by atoms with E-state index in [0.717, 1.165) is 17.1 Å². The van der Waals surface area contributed by atoms with Gasteiger partial charge < -0.3 is 20.1 Å². The Balaban J connectivity index is 1.61. The fraction of sp³-hybridized carbons (Fsp3) is 0.333. The number of ether oxygens (including phenoxy) is 2.